The molecule has 5 nitrogen and oxygen atoms in total. The molecule has 120 valence electrons. The first kappa shape index (κ1) is 16.9. The molecule has 0 saturated carbocycles. The first-order valence-corrected chi connectivity index (χ1v) is 8.72. The lowest BCUT2D eigenvalue weighted by atomic mass is 9.93. The molecule has 1 aliphatic heterocycles. The van der Waals surface area contributed by atoms with Crippen molar-refractivity contribution < 1.29 is 14.1 Å². The van der Waals surface area contributed by atoms with E-state index in [-0.39, 0.29) is 17.9 Å². The molecule has 1 aliphatic rings. The maximum Gasteiger partial charge on any atom is 0.234 e. The zero-order valence-electron chi connectivity index (χ0n) is 13.3. The number of rotatable bonds is 4. The number of amides is 1. The number of benzene rings is 1. The summed E-state index contributed by atoms with van der Waals surface area (Å²) in [5.74, 6) is 0.874. The molecular formula is C16H22N2O3S. The Bertz CT molecular complexity index is 587. The normalized spacial score (nSPS) is 23.9. The number of allylic oxidation sites excluding steroid dienone is 1. The summed E-state index contributed by atoms with van der Waals surface area (Å²) in [6.45, 7) is 4.05. The predicted octanol–water partition coefficient (Wildman–Crippen LogP) is 1.87. The summed E-state index contributed by atoms with van der Waals surface area (Å²) in [6, 6.07) is 5.76. The largest absolute Gasteiger partial charge is 0.612 e. The van der Waals surface area contributed by atoms with Gasteiger partial charge in [0.1, 0.15) is 6.26 Å². The number of methoxy groups -OCH3 is 1. The van der Waals surface area contributed by atoms with Crippen LogP contribution in [0.4, 0.5) is 0 Å². The van der Waals surface area contributed by atoms with Gasteiger partial charge in [0.2, 0.25) is 5.91 Å². The van der Waals surface area contributed by atoms with Crippen LogP contribution >= 0.6 is 0 Å². The van der Waals surface area contributed by atoms with Crippen LogP contribution in [0.15, 0.2) is 29.2 Å². The molecule has 2 rings (SSSR count). The van der Waals surface area contributed by atoms with Gasteiger partial charge in [-0.1, -0.05) is 19.1 Å². The Balaban J connectivity index is 2.25. The van der Waals surface area contributed by atoms with Gasteiger partial charge < -0.3 is 9.29 Å². The molecule has 1 aromatic carbocycles. The Morgan fingerprint density at radius 1 is 1.50 bits per heavy atom. The van der Waals surface area contributed by atoms with E-state index in [0.717, 1.165) is 11.1 Å². The van der Waals surface area contributed by atoms with Crippen LogP contribution < -0.4 is 15.6 Å². The van der Waals surface area contributed by atoms with Crippen molar-refractivity contribution in [2.75, 3.05) is 13.4 Å². The highest BCUT2D eigenvalue weighted by Crippen LogP contribution is 2.28. The van der Waals surface area contributed by atoms with Crippen molar-refractivity contribution in [3.8, 4) is 5.75 Å². The topological polar surface area (TPSA) is 73.4 Å². The number of nitrogens with one attached hydrogen (secondary N) is 2. The van der Waals surface area contributed by atoms with Crippen LogP contribution in [0.25, 0.3) is 5.57 Å². The fourth-order valence-electron chi connectivity index (χ4n) is 2.49. The van der Waals surface area contributed by atoms with Gasteiger partial charge in [0.15, 0.2) is 10.6 Å². The molecule has 1 aromatic rings. The third-order valence-corrected chi connectivity index (χ3v) is 4.80. The van der Waals surface area contributed by atoms with Gasteiger partial charge in [0.25, 0.3) is 0 Å². The van der Waals surface area contributed by atoms with Gasteiger partial charge in [0, 0.05) is 18.5 Å². The number of hydrazine groups is 1. The molecular weight excluding hydrogens is 300 g/mol. The van der Waals surface area contributed by atoms with Gasteiger partial charge in [-0.25, -0.2) is 5.43 Å². The highest BCUT2D eigenvalue weighted by molar-refractivity contribution is 7.90. The van der Waals surface area contributed by atoms with Crippen LogP contribution in [0.5, 0.6) is 5.75 Å². The van der Waals surface area contributed by atoms with Gasteiger partial charge in [-0.05, 0) is 41.2 Å². The highest BCUT2D eigenvalue weighted by atomic mass is 32.2. The molecule has 0 spiro atoms. The van der Waals surface area contributed by atoms with Gasteiger partial charge in [0.05, 0.1) is 7.11 Å². The van der Waals surface area contributed by atoms with Gasteiger partial charge >= 0.3 is 0 Å². The van der Waals surface area contributed by atoms with Gasteiger partial charge in [-0.3, -0.25) is 10.2 Å². The summed E-state index contributed by atoms with van der Waals surface area (Å²) < 4.78 is 17.1. The number of carbonyl (C=O) groups is 1. The Morgan fingerprint density at radius 3 is 2.82 bits per heavy atom. The maximum absolute atomic E-state index is 11.8. The van der Waals surface area contributed by atoms with E-state index in [9.17, 15) is 9.35 Å². The van der Waals surface area contributed by atoms with Gasteiger partial charge in [-0.2, -0.15) is 0 Å². The highest BCUT2D eigenvalue weighted by Gasteiger charge is 2.24. The number of ether oxygens (including phenoxy) is 1. The van der Waals surface area contributed by atoms with Crippen LogP contribution in [-0.2, 0) is 16.0 Å². The lowest BCUT2D eigenvalue weighted by molar-refractivity contribution is -0.125. The molecule has 3 unspecified atom stereocenters. The average molecular weight is 322 g/mol. The molecule has 6 heteroatoms. The smallest absolute Gasteiger partial charge is 0.234 e. The molecule has 1 heterocycles. The lowest BCUT2D eigenvalue weighted by Crippen LogP contribution is -2.52. The van der Waals surface area contributed by atoms with Crippen molar-refractivity contribution in [2.45, 2.75) is 31.2 Å². The fraction of sp³-hybridized carbons (Fsp3) is 0.438. The van der Waals surface area contributed by atoms with Gasteiger partial charge in [-0.15, -0.1) is 0 Å². The van der Waals surface area contributed by atoms with Crippen LogP contribution in [-0.4, -0.2) is 29.9 Å². The molecule has 0 bridgehead atoms. The second-order valence-electron chi connectivity index (χ2n) is 5.57. The molecule has 1 fully saturated rings. The van der Waals surface area contributed by atoms with Crippen LogP contribution in [0.2, 0.25) is 0 Å². The average Bonchev–Trinajstić information content (AvgIpc) is 2.49. The molecule has 0 aliphatic carbocycles. The van der Waals surface area contributed by atoms with Crippen molar-refractivity contribution in [3.05, 3.63) is 29.8 Å². The van der Waals surface area contributed by atoms with Crippen molar-refractivity contribution in [2.24, 2.45) is 5.92 Å². The van der Waals surface area contributed by atoms with E-state index >= 15 is 0 Å². The van der Waals surface area contributed by atoms with E-state index in [1.165, 1.54) is 0 Å². The van der Waals surface area contributed by atoms with E-state index < -0.39 is 11.2 Å². The monoisotopic (exact) mass is 322 g/mol. The summed E-state index contributed by atoms with van der Waals surface area (Å²) >= 11 is -1.11. The Hall–Kier alpha value is -1.50. The third kappa shape index (κ3) is 3.82. The first-order valence-electron chi connectivity index (χ1n) is 7.17. The number of hydrogen-bond acceptors (Lipinski definition) is 4. The second kappa shape index (κ2) is 7.17. The van der Waals surface area contributed by atoms with Crippen molar-refractivity contribution in [1.29, 1.82) is 0 Å². The Labute approximate surface area is 134 Å². The molecule has 0 radical (unpaired) electrons. The SMILES string of the molecule is COc1ccc(/C(C)=C/C2NNC(=O)CC2C)cc1[S+](C)[O-]. The second-order valence-corrected chi connectivity index (χ2v) is 6.92. The quantitative estimate of drug-likeness (QED) is 0.830. The van der Waals surface area contributed by atoms with E-state index in [4.69, 9.17) is 4.74 Å². The minimum absolute atomic E-state index is 0.0166. The van der Waals surface area contributed by atoms with Crippen LogP contribution in [0, 0.1) is 5.92 Å². The van der Waals surface area contributed by atoms with Crippen LogP contribution in [0.1, 0.15) is 25.8 Å². The summed E-state index contributed by atoms with van der Waals surface area (Å²) in [5, 5.41) is 0. The third-order valence-electron chi connectivity index (χ3n) is 3.86. The van der Waals surface area contributed by atoms with Crippen LogP contribution in [0.3, 0.4) is 0 Å². The Kier molecular flexibility index (Phi) is 5.50. The first-order chi connectivity index (χ1) is 10.4. The Morgan fingerprint density at radius 2 is 2.23 bits per heavy atom. The minimum atomic E-state index is -1.11. The summed E-state index contributed by atoms with van der Waals surface area (Å²) in [7, 11) is 1.57. The van der Waals surface area contributed by atoms with Crippen molar-refractivity contribution >= 4 is 22.7 Å². The standard InChI is InChI=1S/C16H22N2O3S/c1-10(7-13-11(2)8-16(19)18-17-13)12-5-6-14(21-3)15(9-12)22(4)20/h5-7,9,11,13,17H,8H2,1-4H3,(H,18,19)/b10-7+. The van der Waals surface area contributed by atoms with Crippen molar-refractivity contribution in [3.63, 3.8) is 0 Å². The van der Waals surface area contributed by atoms with E-state index in [0.29, 0.717) is 17.1 Å². The van der Waals surface area contributed by atoms with E-state index in [1.807, 2.05) is 32.0 Å². The van der Waals surface area contributed by atoms with Crippen molar-refractivity contribution in [1.82, 2.24) is 10.9 Å². The lowest BCUT2D eigenvalue weighted by Gasteiger charge is -2.28. The molecule has 22 heavy (non-hydrogen) atoms. The fourth-order valence-corrected chi connectivity index (χ4v) is 3.22. The minimum Gasteiger partial charge on any atom is -0.612 e. The zero-order valence-corrected chi connectivity index (χ0v) is 14.1. The van der Waals surface area contributed by atoms with E-state index in [1.54, 1.807) is 13.4 Å². The molecule has 3 atom stereocenters. The number of hydrogen-bond donors (Lipinski definition) is 2. The summed E-state index contributed by atoms with van der Waals surface area (Å²) in [4.78, 5) is 12.0. The molecule has 1 saturated heterocycles. The summed E-state index contributed by atoms with van der Waals surface area (Å²) in [6.07, 6.45) is 4.24. The molecule has 1 amide bonds. The van der Waals surface area contributed by atoms with E-state index in [2.05, 4.69) is 16.9 Å². The maximum atomic E-state index is 11.8. The molecule has 2 N–H and O–H groups in total. The summed E-state index contributed by atoms with van der Waals surface area (Å²) in [5.41, 5.74) is 7.75. The number of carbonyl (C=O) groups excluding carboxylic acids is 1. The molecule has 0 aromatic heterocycles. The predicted molar refractivity (Wildman–Crippen MR) is 87.8 cm³/mol. The zero-order chi connectivity index (χ0) is 16.3.